The molecule has 0 unspecified atom stereocenters. The molecule has 0 amide bonds. The Balaban J connectivity index is 1.36. The molecule has 1 aromatic heterocycles. The number of fused-ring (bicyclic) bond motifs is 8. The van der Waals surface area contributed by atoms with Gasteiger partial charge >= 0.3 is 0 Å². The lowest BCUT2D eigenvalue weighted by molar-refractivity contribution is 0.948. The number of benzene rings is 7. The Morgan fingerprint density at radius 2 is 1.05 bits per heavy atom. The lowest BCUT2D eigenvalue weighted by atomic mass is 9.91. The third kappa shape index (κ3) is 3.17. The van der Waals surface area contributed by atoms with E-state index in [1.54, 1.807) is 0 Å². The minimum absolute atomic E-state index is 1.02. The maximum Gasteiger partial charge on any atom is 0.0955 e. The van der Waals surface area contributed by atoms with Crippen molar-refractivity contribution >= 4 is 54.1 Å². The summed E-state index contributed by atoms with van der Waals surface area (Å²) in [5.41, 5.74) is 7.02. The Morgan fingerprint density at radius 1 is 0.474 bits per heavy atom. The molecule has 0 atom stereocenters. The largest absolute Gasteiger partial charge is 0.334 e. The van der Waals surface area contributed by atoms with Crippen LogP contribution in [0.5, 0.6) is 0 Å². The number of aryl methyl sites for hydroxylation is 1. The molecule has 0 saturated heterocycles. The van der Waals surface area contributed by atoms with Crippen molar-refractivity contribution in [2.75, 3.05) is 0 Å². The molecule has 0 bridgehead atoms. The first-order valence-corrected chi connectivity index (χ1v) is 13.0. The first-order chi connectivity index (χ1) is 18.7. The number of hydrogen-bond donors (Lipinski definition) is 0. The molecule has 8 aromatic rings. The molecule has 8 rings (SSSR count). The lowest BCUT2D eigenvalue weighted by Crippen LogP contribution is -1.87. The average molecular weight is 485 g/mol. The molecule has 0 fully saturated rings. The molecule has 0 aliphatic heterocycles. The summed E-state index contributed by atoms with van der Waals surface area (Å²) in [6.07, 6.45) is 1.87. The summed E-state index contributed by atoms with van der Waals surface area (Å²) in [5.74, 6) is 0. The zero-order chi connectivity index (χ0) is 25.2. The number of imidazole rings is 1. The zero-order valence-corrected chi connectivity index (χ0v) is 21.0. The summed E-state index contributed by atoms with van der Waals surface area (Å²) in [5, 5.41) is 10.4. The highest BCUT2D eigenvalue weighted by atomic mass is 15.0. The van der Waals surface area contributed by atoms with Gasteiger partial charge in [0, 0.05) is 7.05 Å². The number of hydrogen-bond acceptors (Lipinski definition) is 1. The van der Waals surface area contributed by atoms with Crippen LogP contribution in [0.15, 0.2) is 128 Å². The predicted molar refractivity (Wildman–Crippen MR) is 162 cm³/mol. The summed E-state index contributed by atoms with van der Waals surface area (Å²) in [7, 11) is 2.04. The standard InChI is InChI=1S/C36H24N2/c1-38-22-37-33-18-17-30(21-34(33)38)28-7-4-6-27(19-28)29-16-11-24-10-13-26-15-14-25-12-9-23-5-2-3-8-31(23)35(25)36(26)32(24)20-29/h2-22H,1H3. The summed E-state index contributed by atoms with van der Waals surface area (Å²) in [6, 6.07) is 44.5. The van der Waals surface area contributed by atoms with Gasteiger partial charge in [0.15, 0.2) is 0 Å². The van der Waals surface area contributed by atoms with Crippen LogP contribution in [0.1, 0.15) is 0 Å². The topological polar surface area (TPSA) is 17.8 Å². The van der Waals surface area contributed by atoms with E-state index in [-0.39, 0.29) is 0 Å². The van der Waals surface area contributed by atoms with Crippen molar-refractivity contribution in [3.63, 3.8) is 0 Å². The second kappa shape index (κ2) is 8.03. The first-order valence-electron chi connectivity index (χ1n) is 13.0. The van der Waals surface area contributed by atoms with Crippen molar-refractivity contribution in [2.45, 2.75) is 0 Å². The predicted octanol–water partition coefficient (Wildman–Crippen LogP) is 9.52. The van der Waals surface area contributed by atoms with E-state index in [0.717, 1.165) is 11.0 Å². The molecule has 0 aliphatic carbocycles. The van der Waals surface area contributed by atoms with Gasteiger partial charge < -0.3 is 4.57 Å². The van der Waals surface area contributed by atoms with E-state index < -0.39 is 0 Å². The fraction of sp³-hybridized carbons (Fsp3) is 0.0278. The van der Waals surface area contributed by atoms with E-state index in [1.807, 2.05) is 13.4 Å². The number of rotatable bonds is 2. The highest BCUT2D eigenvalue weighted by Gasteiger charge is 2.11. The Kier molecular flexibility index (Phi) is 4.47. The van der Waals surface area contributed by atoms with Crippen LogP contribution in [-0.2, 0) is 7.05 Å². The van der Waals surface area contributed by atoms with Crippen LogP contribution in [0, 0.1) is 0 Å². The Bertz CT molecular complexity index is 2190. The second-order valence-electron chi connectivity index (χ2n) is 10.2. The van der Waals surface area contributed by atoms with Crippen molar-refractivity contribution in [2.24, 2.45) is 7.05 Å². The number of aromatic nitrogens is 2. The molecule has 0 spiro atoms. The minimum Gasteiger partial charge on any atom is -0.334 e. The van der Waals surface area contributed by atoms with Crippen LogP contribution in [0.3, 0.4) is 0 Å². The third-order valence-corrected chi connectivity index (χ3v) is 7.96. The Morgan fingerprint density at radius 3 is 1.84 bits per heavy atom. The summed E-state index contributed by atoms with van der Waals surface area (Å²) in [4.78, 5) is 4.48. The zero-order valence-electron chi connectivity index (χ0n) is 21.0. The van der Waals surface area contributed by atoms with E-state index in [2.05, 4.69) is 131 Å². The molecule has 0 N–H and O–H groups in total. The van der Waals surface area contributed by atoms with Gasteiger partial charge in [-0.05, 0) is 89.6 Å². The fourth-order valence-corrected chi connectivity index (χ4v) is 6.00. The minimum atomic E-state index is 1.02. The van der Waals surface area contributed by atoms with Gasteiger partial charge in [-0.15, -0.1) is 0 Å². The molecule has 0 aliphatic rings. The molecular weight excluding hydrogens is 460 g/mol. The van der Waals surface area contributed by atoms with Crippen LogP contribution >= 0.6 is 0 Å². The van der Waals surface area contributed by atoms with E-state index in [4.69, 9.17) is 0 Å². The SMILES string of the molecule is Cn1cnc2ccc(-c3cccc(-c4ccc5ccc6ccc7ccc8ccccc8c7c6c5c4)c3)cc21. The van der Waals surface area contributed by atoms with E-state index in [1.165, 1.54) is 65.3 Å². The smallest absolute Gasteiger partial charge is 0.0955 e. The molecule has 2 nitrogen and oxygen atoms in total. The van der Waals surface area contributed by atoms with Crippen molar-refractivity contribution in [1.82, 2.24) is 9.55 Å². The number of nitrogens with zero attached hydrogens (tertiary/aromatic N) is 2. The summed E-state index contributed by atoms with van der Waals surface area (Å²) < 4.78 is 2.07. The summed E-state index contributed by atoms with van der Waals surface area (Å²) >= 11 is 0. The van der Waals surface area contributed by atoms with E-state index in [0.29, 0.717) is 0 Å². The quantitative estimate of drug-likeness (QED) is 0.223. The van der Waals surface area contributed by atoms with Crippen molar-refractivity contribution in [3.05, 3.63) is 128 Å². The molecule has 1 heterocycles. The van der Waals surface area contributed by atoms with Gasteiger partial charge in [-0.25, -0.2) is 4.98 Å². The van der Waals surface area contributed by atoms with Crippen LogP contribution in [0.2, 0.25) is 0 Å². The second-order valence-corrected chi connectivity index (χ2v) is 10.2. The van der Waals surface area contributed by atoms with Gasteiger partial charge in [0.2, 0.25) is 0 Å². The third-order valence-electron chi connectivity index (χ3n) is 7.96. The maximum atomic E-state index is 4.48. The van der Waals surface area contributed by atoms with Crippen LogP contribution < -0.4 is 0 Å². The van der Waals surface area contributed by atoms with Crippen LogP contribution in [0.4, 0.5) is 0 Å². The molecule has 0 radical (unpaired) electrons. The molecule has 38 heavy (non-hydrogen) atoms. The van der Waals surface area contributed by atoms with E-state index >= 15 is 0 Å². The van der Waals surface area contributed by atoms with Gasteiger partial charge in [0.05, 0.1) is 17.4 Å². The molecule has 2 heteroatoms. The van der Waals surface area contributed by atoms with Gasteiger partial charge in [-0.3, -0.25) is 0 Å². The van der Waals surface area contributed by atoms with Crippen molar-refractivity contribution in [3.8, 4) is 22.3 Å². The molecule has 0 saturated carbocycles. The average Bonchev–Trinajstić information content (AvgIpc) is 3.36. The highest BCUT2D eigenvalue weighted by Crippen LogP contribution is 2.38. The monoisotopic (exact) mass is 484 g/mol. The maximum absolute atomic E-state index is 4.48. The Labute approximate surface area is 220 Å². The van der Waals surface area contributed by atoms with Crippen molar-refractivity contribution < 1.29 is 0 Å². The van der Waals surface area contributed by atoms with E-state index in [9.17, 15) is 0 Å². The molecule has 7 aromatic carbocycles. The van der Waals surface area contributed by atoms with Crippen LogP contribution in [-0.4, -0.2) is 9.55 Å². The van der Waals surface area contributed by atoms with Gasteiger partial charge in [0.1, 0.15) is 0 Å². The van der Waals surface area contributed by atoms with Crippen LogP contribution in [0.25, 0.3) is 76.4 Å². The fourth-order valence-electron chi connectivity index (χ4n) is 6.00. The highest BCUT2D eigenvalue weighted by molar-refractivity contribution is 6.27. The van der Waals surface area contributed by atoms with Gasteiger partial charge in [-0.1, -0.05) is 97.1 Å². The first kappa shape index (κ1) is 21.2. The lowest BCUT2D eigenvalue weighted by Gasteiger charge is -2.13. The summed E-state index contributed by atoms with van der Waals surface area (Å²) in [6.45, 7) is 0. The Hall–Kier alpha value is -4.95. The van der Waals surface area contributed by atoms with Crippen molar-refractivity contribution in [1.29, 1.82) is 0 Å². The normalized spacial score (nSPS) is 11.8. The molecule has 178 valence electrons. The van der Waals surface area contributed by atoms with Gasteiger partial charge in [-0.2, -0.15) is 0 Å². The molecular formula is C36H24N2. The van der Waals surface area contributed by atoms with Gasteiger partial charge in [0.25, 0.3) is 0 Å².